The van der Waals surface area contributed by atoms with E-state index in [-0.39, 0.29) is 29.3 Å². The molecule has 2 N–H and O–H groups in total. The average molecular weight is 487 g/mol. The van der Waals surface area contributed by atoms with Crippen LogP contribution in [0.3, 0.4) is 0 Å². The van der Waals surface area contributed by atoms with Crippen molar-refractivity contribution >= 4 is 17.5 Å². The number of carbonyl (C=O) groups excluding carboxylic acids is 2. The van der Waals surface area contributed by atoms with Crippen molar-refractivity contribution in [1.29, 1.82) is 0 Å². The Labute approximate surface area is 202 Å². The molecule has 186 valence electrons. The van der Waals surface area contributed by atoms with Crippen molar-refractivity contribution in [2.45, 2.75) is 38.1 Å². The molecule has 6 nitrogen and oxygen atoms in total. The highest BCUT2D eigenvalue weighted by molar-refractivity contribution is 5.95. The molecule has 2 amide bonds. The van der Waals surface area contributed by atoms with E-state index in [0.717, 1.165) is 37.3 Å². The lowest BCUT2D eigenvalue weighted by Crippen LogP contribution is -2.60. The molecule has 2 aliphatic heterocycles. The van der Waals surface area contributed by atoms with E-state index < -0.39 is 23.4 Å². The van der Waals surface area contributed by atoms with Crippen molar-refractivity contribution in [3.05, 3.63) is 65.0 Å². The number of nitrogens with one attached hydrogen (secondary N) is 2. The second kappa shape index (κ2) is 9.89. The maximum Gasteiger partial charge on any atom is 0.256 e. The first-order chi connectivity index (χ1) is 16.9. The van der Waals surface area contributed by atoms with E-state index >= 15 is 0 Å². The number of fused-ring (bicyclic) bond motifs is 1. The summed E-state index contributed by atoms with van der Waals surface area (Å²) >= 11 is 0. The Morgan fingerprint density at radius 2 is 1.71 bits per heavy atom. The Kier molecular flexibility index (Phi) is 6.69. The predicted molar refractivity (Wildman–Crippen MR) is 125 cm³/mol. The van der Waals surface area contributed by atoms with Crippen LogP contribution in [0.25, 0.3) is 0 Å². The highest BCUT2D eigenvalue weighted by Gasteiger charge is 2.40. The molecule has 0 bridgehead atoms. The van der Waals surface area contributed by atoms with Gasteiger partial charge in [-0.1, -0.05) is 18.9 Å². The molecule has 2 aromatic carbocycles. The second-order valence-corrected chi connectivity index (χ2v) is 9.69. The van der Waals surface area contributed by atoms with E-state index in [1.165, 1.54) is 18.2 Å². The van der Waals surface area contributed by atoms with Crippen LogP contribution in [-0.4, -0.2) is 48.9 Å². The van der Waals surface area contributed by atoms with Crippen LogP contribution in [0.15, 0.2) is 36.4 Å². The Morgan fingerprint density at radius 1 is 0.943 bits per heavy atom. The van der Waals surface area contributed by atoms with Crippen LogP contribution < -0.4 is 15.8 Å². The number of benzene rings is 2. The summed E-state index contributed by atoms with van der Waals surface area (Å²) < 4.78 is 42.0. The van der Waals surface area contributed by atoms with E-state index in [1.54, 1.807) is 21.9 Å². The first-order valence-corrected chi connectivity index (χ1v) is 12.2. The number of anilines is 1. The summed E-state index contributed by atoms with van der Waals surface area (Å²) in [4.78, 5) is 28.7. The van der Waals surface area contributed by atoms with Crippen LogP contribution in [0, 0.1) is 29.3 Å². The van der Waals surface area contributed by atoms with Crippen LogP contribution in [0.5, 0.6) is 0 Å². The molecule has 9 heteroatoms. The van der Waals surface area contributed by atoms with Gasteiger partial charge in [-0.15, -0.1) is 0 Å². The molecule has 3 fully saturated rings. The number of hydrogen-bond acceptors (Lipinski definition) is 4. The Morgan fingerprint density at radius 3 is 2.49 bits per heavy atom. The van der Waals surface area contributed by atoms with E-state index in [0.29, 0.717) is 38.3 Å². The first kappa shape index (κ1) is 23.7. The fourth-order valence-electron chi connectivity index (χ4n) is 5.71. The van der Waals surface area contributed by atoms with Crippen molar-refractivity contribution in [2.75, 3.05) is 31.1 Å². The molecule has 0 radical (unpaired) electrons. The summed E-state index contributed by atoms with van der Waals surface area (Å²) in [6.45, 7) is 1.34. The Bertz CT molecular complexity index is 1120. The normalized spacial score (nSPS) is 24.7. The van der Waals surface area contributed by atoms with E-state index in [2.05, 4.69) is 10.9 Å². The summed E-state index contributed by atoms with van der Waals surface area (Å²) in [6.07, 6.45) is 4.59. The number of hydrogen-bond donors (Lipinski definition) is 2. The monoisotopic (exact) mass is 486 g/mol. The van der Waals surface area contributed by atoms with Crippen LogP contribution >= 0.6 is 0 Å². The predicted octanol–water partition coefficient (Wildman–Crippen LogP) is 3.42. The van der Waals surface area contributed by atoms with Gasteiger partial charge in [-0.05, 0) is 55.0 Å². The van der Waals surface area contributed by atoms with Crippen LogP contribution in [0.2, 0.25) is 0 Å². The van der Waals surface area contributed by atoms with Crippen LogP contribution in [-0.2, 0) is 11.2 Å². The van der Waals surface area contributed by atoms with E-state index in [9.17, 15) is 22.8 Å². The van der Waals surface area contributed by atoms with Crippen molar-refractivity contribution in [3.63, 3.8) is 0 Å². The summed E-state index contributed by atoms with van der Waals surface area (Å²) in [5.41, 5.74) is 7.05. The van der Waals surface area contributed by atoms with Gasteiger partial charge in [0.2, 0.25) is 5.91 Å². The highest BCUT2D eigenvalue weighted by atomic mass is 19.1. The Hall–Kier alpha value is -3.07. The second-order valence-electron chi connectivity index (χ2n) is 9.69. The number of hydrazine groups is 1. The molecule has 35 heavy (non-hydrogen) atoms. The number of amides is 2. The third kappa shape index (κ3) is 4.87. The average Bonchev–Trinajstić information content (AvgIpc) is 2.87. The summed E-state index contributed by atoms with van der Waals surface area (Å²) in [6, 6.07) is 8.10. The molecular formula is C26H29F3N4O2. The molecule has 3 aliphatic rings. The molecule has 1 aliphatic carbocycles. The smallest absolute Gasteiger partial charge is 0.256 e. The van der Waals surface area contributed by atoms with Gasteiger partial charge in [-0.25, -0.2) is 18.6 Å². The molecule has 5 rings (SSSR count). The van der Waals surface area contributed by atoms with Crippen molar-refractivity contribution < 1.29 is 22.8 Å². The van der Waals surface area contributed by atoms with Crippen LogP contribution in [0.1, 0.15) is 41.6 Å². The molecule has 3 unspecified atom stereocenters. The molecular weight excluding hydrogens is 457 g/mol. The lowest BCUT2D eigenvalue weighted by molar-refractivity contribution is -0.133. The third-order valence-corrected chi connectivity index (χ3v) is 7.59. The van der Waals surface area contributed by atoms with E-state index in [1.807, 2.05) is 0 Å². The molecule has 2 saturated heterocycles. The molecule has 1 saturated carbocycles. The van der Waals surface area contributed by atoms with Gasteiger partial charge in [-0.3, -0.25) is 15.0 Å². The van der Waals surface area contributed by atoms with E-state index in [4.69, 9.17) is 0 Å². The van der Waals surface area contributed by atoms with Gasteiger partial charge in [0, 0.05) is 44.2 Å². The van der Waals surface area contributed by atoms with Gasteiger partial charge in [0.1, 0.15) is 17.5 Å². The number of piperazine rings is 1. The zero-order valence-electron chi connectivity index (χ0n) is 19.4. The Balaban J connectivity index is 1.26. The minimum absolute atomic E-state index is 0.00112. The topological polar surface area (TPSA) is 64.7 Å². The maximum atomic E-state index is 14.7. The summed E-state index contributed by atoms with van der Waals surface area (Å²) in [7, 11) is 0. The molecule has 0 aromatic heterocycles. The standard InChI is InChI=1S/C26H29F3N4O2/c27-17-6-8-24(22(29)15-17)32-9-11-33(12-10-32)26(35)20-13-16(5-7-21(20)28)14-23-18-3-1-2-4-19(18)25(34)31-30-23/h5-8,13,15,18-19,23,30H,1-4,9-12,14H2,(H,31,34). The fraction of sp³-hybridized carbons (Fsp3) is 0.462. The minimum atomic E-state index is -0.642. The lowest BCUT2D eigenvalue weighted by atomic mass is 9.72. The van der Waals surface area contributed by atoms with Gasteiger partial charge >= 0.3 is 0 Å². The highest BCUT2D eigenvalue weighted by Crippen LogP contribution is 2.35. The zero-order chi connectivity index (χ0) is 24.5. The summed E-state index contributed by atoms with van der Waals surface area (Å²) in [5.74, 6) is -1.99. The van der Waals surface area contributed by atoms with Crippen molar-refractivity contribution in [3.8, 4) is 0 Å². The van der Waals surface area contributed by atoms with Gasteiger partial charge in [-0.2, -0.15) is 0 Å². The number of carbonyl (C=O) groups is 2. The number of nitrogens with zero attached hydrogens (tertiary/aromatic N) is 2. The molecule has 2 heterocycles. The van der Waals surface area contributed by atoms with Crippen molar-refractivity contribution in [1.82, 2.24) is 15.8 Å². The largest absolute Gasteiger partial charge is 0.366 e. The third-order valence-electron chi connectivity index (χ3n) is 7.59. The molecule has 0 spiro atoms. The maximum absolute atomic E-state index is 14.7. The number of halogens is 3. The van der Waals surface area contributed by atoms with Crippen LogP contribution in [0.4, 0.5) is 18.9 Å². The minimum Gasteiger partial charge on any atom is -0.366 e. The molecule has 2 aromatic rings. The van der Waals surface area contributed by atoms with Gasteiger partial charge in [0.25, 0.3) is 5.91 Å². The zero-order valence-corrected chi connectivity index (χ0v) is 19.4. The molecule has 3 atom stereocenters. The van der Waals surface area contributed by atoms with Crippen molar-refractivity contribution in [2.24, 2.45) is 11.8 Å². The lowest BCUT2D eigenvalue weighted by Gasteiger charge is -2.41. The van der Waals surface area contributed by atoms with Gasteiger partial charge in [0.15, 0.2) is 0 Å². The van der Waals surface area contributed by atoms with Gasteiger partial charge in [0.05, 0.1) is 11.3 Å². The fourth-order valence-corrected chi connectivity index (χ4v) is 5.71. The van der Waals surface area contributed by atoms with Gasteiger partial charge < -0.3 is 9.80 Å². The quantitative estimate of drug-likeness (QED) is 0.695. The first-order valence-electron chi connectivity index (χ1n) is 12.2. The SMILES string of the molecule is O=C1NNC(Cc2ccc(F)c(C(=O)N3CCN(c4ccc(F)cc4F)CC3)c2)C2CCCCC12. The number of rotatable bonds is 4. The summed E-state index contributed by atoms with van der Waals surface area (Å²) in [5, 5.41) is 0.